The second-order valence-corrected chi connectivity index (χ2v) is 10.8. The van der Waals surface area contributed by atoms with E-state index in [0.29, 0.717) is 6.54 Å². The Morgan fingerprint density at radius 1 is 0.878 bits per heavy atom. The zero-order valence-corrected chi connectivity index (χ0v) is 23.8. The highest BCUT2D eigenvalue weighted by atomic mass is 16.5. The van der Waals surface area contributed by atoms with Crippen molar-refractivity contribution in [2.75, 3.05) is 18.6 Å². The first-order valence-electron chi connectivity index (χ1n) is 13.6. The minimum Gasteiger partial charge on any atom is -0.497 e. The van der Waals surface area contributed by atoms with Gasteiger partial charge in [0.2, 0.25) is 12.0 Å². The van der Waals surface area contributed by atoms with E-state index in [4.69, 9.17) is 9.47 Å². The van der Waals surface area contributed by atoms with Crippen LogP contribution in [0.4, 0.5) is 5.69 Å². The third kappa shape index (κ3) is 4.40. The Hall–Kier alpha value is -4.72. The summed E-state index contributed by atoms with van der Waals surface area (Å²) in [5.41, 5.74) is 5.93. The summed E-state index contributed by atoms with van der Waals surface area (Å²) in [6, 6.07) is 23.7. The van der Waals surface area contributed by atoms with E-state index in [2.05, 4.69) is 28.2 Å². The molecule has 3 heterocycles. The standard InChI is InChI=1S/C33H32N4O4/c1-20-14-21(2)16-25(15-20)33-27-8-6-7-9-28(27)36(18-24-10-12-26(40-5)13-11-24)29(38)19-37(33)31(39)30(33)41-32-34-22(3)17-23(4)35-32/h6-17,30H,18-19H2,1-5H3/t30-,33-/m1/s1. The van der Waals surface area contributed by atoms with Crippen molar-refractivity contribution in [3.8, 4) is 11.8 Å². The number of benzene rings is 3. The van der Waals surface area contributed by atoms with Crippen molar-refractivity contribution >= 4 is 17.5 Å². The van der Waals surface area contributed by atoms with Crippen LogP contribution in [0.5, 0.6) is 11.8 Å². The van der Waals surface area contributed by atoms with Crippen molar-refractivity contribution in [2.45, 2.75) is 45.9 Å². The zero-order valence-electron chi connectivity index (χ0n) is 23.8. The van der Waals surface area contributed by atoms with Crippen LogP contribution in [-0.2, 0) is 21.7 Å². The van der Waals surface area contributed by atoms with Crippen LogP contribution >= 0.6 is 0 Å². The summed E-state index contributed by atoms with van der Waals surface area (Å²) in [6.45, 7) is 8.05. The minimum absolute atomic E-state index is 0.0930. The molecule has 6 rings (SSSR count). The number of rotatable bonds is 6. The molecule has 1 fully saturated rings. The maximum atomic E-state index is 13.9. The monoisotopic (exact) mass is 548 g/mol. The van der Waals surface area contributed by atoms with Gasteiger partial charge in [-0.15, -0.1) is 0 Å². The Morgan fingerprint density at radius 3 is 2.20 bits per heavy atom. The fraction of sp³-hybridized carbons (Fsp3) is 0.273. The number of hydrogen-bond acceptors (Lipinski definition) is 6. The van der Waals surface area contributed by atoms with E-state index in [-0.39, 0.29) is 24.4 Å². The molecule has 2 amide bonds. The van der Waals surface area contributed by atoms with Gasteiger partial charge in [0, 0.05) is 17.0 Å². The van der Waals surface area contributed by atoms with Gasteiger partial charge in [0.15, 0.2) is 0 Å². The molecule has 3 aromatic carbocycles. The zero-order chi connectivity index (χ0) is 28.9. The SMILES string of the molecule is COc1ccc(CN2C(=O)CN3C(=O)[C@@H](Oc4nc(C)cc(C)n4)[C@@]3(c3cc(C)cc(C)c3)c3ccccc32)cc1. The lowest BCUT2D eigenvalue weighted by atomic mass is 9.69. The van der Waals surface area contributed by atoms with Crippen LogP contribution in [0.2, 0.25) is 0 Å². The average molecular weight is 549 g/mol. The Labute approximate surface area is 239 Å². The van der Waals surface area contributed by atoms with Crippen molar-refractivity contribution in [2.24, 2.45) is 0 Å². The number of aromatic nitrogens is 2. The number of para-hydroxylation sites is 1. The van der Waals surface area contributed by atoms with Gasteiger partial charge in [0.05, 0.1) is 19.3 Å². The quantitative estimate of drug-likeness (QED) is 0.322. The fourth-order valence-electron chi connectivity index (χ4n) is 6.18. The molecule has 2 atom stereocenters. The van der Waals surface area contributed by atoms with E-state index in [1.54, 1.807) is 16.9 Å². The molecule has 4 aromatic rings. The van der Waals surface area contributed by atoms with Gasteiger partial charge in [0.1, 0.15) is 17.8 Å². The highest BCUT2D eigenvalue weighted by molar-refractivity contribution is 6.04. The number of amides is 2. The maximum absolute atomic E-state index is 13.9. The molecule has 0 spiro atoms. The van der Waals surface area contributed by atoms with Gasteiger partial charge >= 0.3 is 6.01 Å². The third-order valence-electron chi connectivity index (χ3n) is 7.84. The number of methoxy groups -OCH3 is 1. The summed E-state index contributed by atoms with van der Waals surface area (Å²) in [4.78, 5) is 40.2. The average Bonchev–Trinajstić information content (AvgIpc) is 3.03. The number of carbonyl (C=O) groups excluding carboxylic acids is 2. The number of carbonyl (C=O) groups is 2. The Bertz CT molecular complexity index is 1630. The molecular weight excluding hydrogens is 516 g/mol. The predicted molar refractivity (Wildman–Crippen MR) is 155 cm³/mol. The molecule has 0 N–H and O–H groups in total. The third-order valence-corrected chi connectivity index (χ3v) is 7.84. The lowest BCUT2D eigenvalue weighted by Gasteiger charge is -2.56. The van der Waals surface area contributed by atoms with Gasteiger partial charge in [-0.1, -0.05) is 59.7 Å². The van der Waals surface area contributed by atoms with E-state index in [9.17, 15) is 9.59 Å². The normalized spacial score (nSPS) is 19.7. The van der Waals surface area contributed by atoms with E-state index in [0.717, 1.165) is 50.6 Å². The number of β-lactam (4-membered cyclic amide) rings is 1. The van der Waals surface area contributed by atoms with Crippen LogP contribution in [-0.4, -0.2) is 46.4 Å². The lowest BCUT2D eigenvalue weighted by Crippen LogP contribution is -2.74. The van der Waals surface area contributed by atoms with Gasteiger partial charge < -0.3 is 19.3 Å². The van der Waals surface area contributed by atoms with Gasteiger partial charge in [-0.3, -0.25) is 9.59 Å². The smallest absolute Gasteiger partial charge is 0.317 e. The molecule has 8 nitrogen and oxygen atoms in total. The second kappa shape index (κ2) is 10.0. The Balaban J connectivity index is 1.54. The molecule has 8 heteroatoms. The molecule has 0 unspecified atom stereocenters. The van der Waals surface area contributed by atoms with Crippen molar-refractivity contribution in [3.05, 3.63) is 112 Å². The van der Waals surface area contributed by atoms with Crippen LogP contribution in [0.15, 0.2) is 72.8 Å². The highest BCUT2D eigenvalue weighted by Crippen LogP contribution is 2.53. The topological polar surface area (TPSA) is 84.9 Å². The molecule has 1 aromatic heterocycles. The minimum atomic E-state index is -1.06. The van der Waals surface area contributed by atoms with Crippen LogP contribution in [0.25, 0.3) is 0 Å². The van der Waals surface area contributed by atoms with Crippen molar-refractivity contribution < 1.29 is 19.1 Å². The first-order chi connectivity index (χ1) is 19.7. The van der Waals surface area contributed by atoms with Crippen LogP contribution in [0, 0.1) is 27.7 Å². The molecule has 0 radical (unpaired) electrons. The molecule has 0 bridgehead atoms. The van der Waals surface area contributed by atoms with Crippen molar-refractivity contribution in [1.82, 2.24) is 14.9 Å². The van der Waals surface area contributed by atoms with E-state index in [1.165, 1.54) is 0 Å². The predicted octanol–water partition coefficient (Wildman–Crippen LogP) is 4.80. The molecular formula is C33H32N4O4. The Kier molecular flexibility index (Phi) is 6.49. The summed E-state index contributed by atoms with van der Waals surface area (Å²) in [7, 11) is 1.62. The number of anilines is 1. The lowest BCUT2D eigenvalue weighted by molar-refractivity contribution is -0.178. The van der Waals surface area contributed by atoms with E-state index < -0.39 is 11.6 Å². The fourth-order valence-corrected chi connectivity index (χ4v) is 6.18. The van der Waals surface area contributed by atoms with Crippen LogP contribution in [0.1, 0.15) is 39.2 Å². The van der Waals surface area contributed by atoms with Gasteiger partial charge in [-0.2, -0.15) is 0 Å². The molecule has 208 valence electrons. The van der Waals surface area contributed by atoms with Gasteiger partial charge in [0.25, 0.3) is 5.91 Å². The Morgan fingerprint density at radius 2 is 1.54 bits per heavy atom. The van der Waals surface area contributed by atoms with Gasteiger partial charge in [-0.25, -0.2) is 9.97 Å². The molecule has 1 saturated heterocycles. The van der Waals surface area contributed by atoms with E-state index >= 15 is 0 Å². The van der Waals surface area contributed by atoms with Crippen LogP contribution < -0.4 is 14.4 Å². The highest BCUT2D eigenvalue weighted by Gasteiger charge is 2.67. The number of fused-ring (bicyclic) bond motifs is 3. The molecule has 2 aliphatic heterocycles. The first kappa shape index (κ1) is 26.5. The number of nitrogens with zero attached hydrogens (tertiary/aromatic N) is 4. The molecule has 2 aliphatic rings. The van der Waals surface area contributed by atoms with Crippen molar-refractivity contribution in [3.63, 3.8) is 0 Å². The number of aryl methyl sites for hydroxylation is 4. The first-order valence-corrected chi connectivity index (χ1v) is 13.6. The van der Waals surface area contributed by atoms with Crippen LogP contribution in [0.3, 0.4) is 0 Å². The summed E-state index contributed by atoms with van der Waals surface area (Å²) < 4.78 is 11.7. The summed E-state index contributed by atoms with van der Waals surface area (Å²) in [6.07, 6.45) is -0.959. The van der Waals surface area contributed by atoms with Crippen molar-refractivity contribution in [1.29, 1.82) is 0 Å². The van der Waals surface area contributed by atoms with Gasteiger partial charge in [-0.05, 0) is 63.1 Å². The molecule has 0 saturated carbocycles. The summed E-state index contributed by atoms with van der Waals surface area (Å²) >= 11 is 0. The second-order valence-electron chi connectivity index (χ2n) is 10.8. The van der Waals surface area contributed by atoms with E-state index in [1.807, 2.05) is 82.3 Å². The maximum Gasteiger partial charge on any atom is 0.317 e. The summed E-state index contributed by atoms with van der Waals surface area (Å²) in [5.74, 6) is 0.295. The largest absolute Gasteiger partial charge is 0.497 e. The summed E-state index contributed by atoms with van der Waals surface area (Å²) in [5, 5.41) is 0. The molecule has 0 aliphatic carbocycles. The number of hydrogen-bond donors (Lipinski definition) is 0. The number of ether oxygens (including phenoxy) is 2. The molecule has 41 heavy (non-hydrogen) atoms.